The Morgan fingerprint density at radius 1 is 0.547 bits per heavy atom. The minimum Gasteiger partial charge on any atom is -0.507 e. The van der Waals surface area contributed by atoms with E-state index in [9.17, 15) is 5.11 Å². The average Bonchev–Trinajstić information content (AvgIpc) is 3.45. The van der Waals surface area contributed by atoms with Crippen LogP contribution < -0.4 is 0 Å². The third kappa shape index (κ3) is 6.36. The van der Waals surface area contributed by atoms with Crippen LogP contribution in [-0.4, -0.2) is 15.1 Å². The first kappa shape index (κ1) is 36.3. The van der Waals surface area contributed by atoms with Crippen LogP contribution in [-0.2, 0) is 37.3 Å². The van der Waals surface area contributed by atoms with Crippen LogP contribution in [0.4, 0.5) is 0 Å². The number of hydrogen-bond acceptors (Lipinski definition) is 3. The molecule has 1 aliphatic rings. The zero-order chi connectivity index (χ0) is 36.3. The Morgan fingerprint density at radius 3 is 1.68 bits per heavy atom. The van der Waals surface area contributed by atoms with Crippen molar-refractivity contribution in [2.75, 3.05) is 0 Å². The third-order valence-corrected chi connectivity index (χ3v) is 10.5. The number of para-hydroxylation sites is 1. The largest absolute Gasteiger partial charge is 0.507 e. The van der Waals surface area contributed by atoms with E-state index in [4.69, 9.17) is 9.97 Å². The fraction of sp³-hybridized carbons (Fsp3) is 0.184. The van der Waals surface area contributed by atoms with Crippen molar-refractivity contribution >= 4 is 0 Å². The van der Waals surface area contributed by atoms with Crippen molar-refractivity contribution in [3.63, 3.8) is 0 Å². The standard InChI is InChI=1S/C49H43N2O.Pt/c1-47(2,3)36-27-33(28-37(31-36)48(4,5)6)34-29-43(51-44(30-34)40-20-9-12-23-45(40)52)32-16-15-17-35(26-32)49(46-24-13-14-25-50-46)41-21-10-7-18-38(41)39-19-8-11-22-42(39)49;/h7-25,27-31,52H,1-6H3;/q-1;. The third-order valence-electron chi connectivity index (χ3n) is 10.5. The second kappa shape index (κ2) is 13.7. The van der Waals surface area contributed by atoms with Gasteiger partial charge in [0.1, 0.15) is 5.75 Å². The van der Waals surface area contributed by atoms with Crippen LogP contribution in [0.2, 0.25) is 0 Å². The summed E-state index contributed by atoms with van der Waals surface area (Å²) in [6, 6.07) is 52.5. The van der Waals surface area contributed by atoms with Gasteiger partial charge in [0.25, 0.3) is 0 Å². The monoisotopic (exact) mass is 870 g/mol. The summed E-state index contributed by atoms with van der Waals surface area (Å²) in [4.78, 5) is 10.3. The molecule has 53 heavy (non-hydrogen) atoms. The molecule has 5 aromatic carbocycles. The van der Waals surface area contributed by atoms with Gasteiger partial charge in [-0.05, 0) is 91.4 Å². The molecule has 0 aliphatic heterocycles. The summed E-state index contributed by atoms with van der Waals surface area (Å²) in [7, 11) is 0. The summed E-state index contributed by atoms with van der Waals surface area (Å²) in [6.07, 6.45) is 1.88. The molecule has 0 bridgehead atoms. The molecule has 0 saturated heterocycles. The van der Waals surface area contributed by atoms with E-state index >= 15 is 0 Å². The number of fused-ring (bicyclic) bond motifs is 3. The van der Waals surface area contributed by atoms with Crippen LogP contribution in [0.5, 0.6) is 5.75 Å². The Balaban J connectivity index is 0.00000435. The molecule has 3 nitrogen and oxygen atoms in total. The van der Waals surface area contributed by atoms with Crippen LogP contribution in [0.25, 0.3) is 44.8 Å². The quantitative estimate of drug-likeness (QED) is 0.175. The number of hydrogen-bond donors (Lipinski definition) is 1. The zero-order valence-corrected chi connectivity index (χ0v) is 33.3. The maximum atomic E-state index is 11.1. The molecule has 2 heterocycles. The molecule has 8 rings (SSSR count). The van der Waals surface area contributed by atoms with E-state index in [2.05, 4.69) is 157 Å². The molecule has 1 aliphatic carbocycles. The maximum absolute atomic E-state index is 11.1. The normalized spacial score (nSPS) is 13.2. The number of pyridine rings is 2. The van der Waals surface area contributed by atoms with E-state index in [1.54, 1.807) is 6.07 Å². The molecular formula is C49H43N2OPt-. The van der Waals surface area contributed by atoms with Crippen molar-refractivity contribution in [2.45, 2.75) is 57.8 Å². The van der Waals surface area contributed by atoms with Gasteiger partial charge in [-0.3, -0.25) is 9.97 Å². The maximum Gasteiger partial charge on any atom is 0.124 e. The topological polar surface area (TPSA) is 46.0 Å². The second-order valence-electron chi connectivity index (χ2n) is 16.0. The van der Waals surface area contributed by atoms with E-state index < -0.39 is 5.41 Å². The van der Waals surface area contributed by atoms with Gasteiger partial charge in [-0.25, -0.2) is 0 Å². The van der Waals surface area contributed by atoms with Gasteiger partial charge in [0.05, 0.1) is 16.8 Å². The molecule has 0 radical (unpaired) electrons. The summed E-state index contributed by atoms with van der Waals surface area (Å²) in [5.74, 6) is 0.197. The number of benzene rings is 5. The summed E-state index contributed by atoms with van der Waals surface area (Å²) < 4.78 is 0. The van der Waals surface area contributed by atoms with E-state index in [0.29, 0.717) is 11.3 Å². The first-order chi connectivity index (χ1) is 24.9. The van der Waals surface area contributed by atoms with E-state index in [1.165, 1.54) is 33.4 Å². The SMILES string of the molecule is CC(C)(C)c1cc(-c2cc(-c3[c-]c(C4(c5ccccn5)c5ccccc5-c5ccccc54)ccc3)nc(-c3ccccc3O)c2)cc(C(C)(C)C)c1.[Pt]. The summed E-state index contributed by atoms with van der Waals surface area (Å²) in [5, 5.41) is 11.1. The average molecular weight is 871 g/mol. The molecule has 0 atom stereocenters. The van der Waals surface area contributed by atoms with Crippen molar-refractivity contribution in [2.24, 2.45) is 0 Å². The predicted molar refractivity (Wildman–Crippen MR) is 214 cm³/mol. The molecule has 0 spiro atoms. The first-order valence-electron chi connectivity index (χ1n) is 18.1. The first-order valence-corrected chi connectivity index (χ1v) is 18.1. The van der Waals surface area contributed by atoms with Gasteiger partial charge in [-0.2, -0.15) is 0 Å². The van der Waals surface area contributed by atoms with Gasteiger partial charge < -0.3 is 5.11 Å². The van der Waals surface area contributed by atoms with Crippen molar-refractivity contribution < 1.29 is 26.2 Å². The van der Waals surface area contributed by atoms with Gasteiger partial charge in [0.2, 0.25) is 0 Å². The Kier molecular flexibility index (Phi) is 9.37. The number of aromatic nitrogens is 2. The van der Waals surface area contributed by atoms with Crippen molar-refractivity contribution in [1.82, 2.24) is 9.97 Å². The summed E-state index contributed by atoms with van der Waals surface area (Å²) >= 11 is 0. The summed E-state index contributed by atoms with van der Waals surface area (Å²) in [5.41, 5.74) is 13.8. The molecule has 0 amide bonds. The number of rotatable bonds is 5. The minimum atomic E-state index is -0.675. The Bertz CT molecular complexity index is 2380. The number of nitrogens with zero attached hydrogens (tertiary/aromatic N) is 2. The van der Waals surface area contributed by atoms with Crippen molar-refractivity contribution in [3.05, 3.63) is 185 Å². The van der Waals surface area contributed by atoms with Gasteiger partial charge in [-0.1, -0.05) is 133 Å². The molecule has 0 unspecified atom stereocenters. The fourth-order valence-corrected chi connectivity index (χ4v) is 7.68. The number of phenols is 1. The molecule has 7 aromatic rings. The molecular weight excluding hydrogens is 828 g/mol. The molecule has 0 fully saturated rings. The molecule has 2 aromatic heterocycles. The zero-order valence-electron chi connectivity index (χ0n) is 31.0. The predicted octanol–water partition coefficient (Wildman–Crippen LogP) is 11.9. The second-order valence-corrected chi connectivity index (χ2v) is 16.0. The van der Waals surface area contributed by atoms with Crippen LogP contribution in [0.3, 0.4) is 0 Å². The van der Waals surface area contributed by atoms with Gasteiger partial charge in [0.15, 0.2) is 0 Å². The van der Waals surface area contributed by atoms with E-state index in [-0.39, 0.29) is 37.6 Å². The van der Waals surface area contributed by atoms with E-state index in [1.807, 2.05) is 30.5 Å². The van der Waals surface area contributed by atoms with Crippen LogP contribution in [0.15, 0.2) is 146 Å². The molecule has 4 heteroatoms. The fourth-order valence-electron chi connectivity index (χ4n) is 7.68. The van der Waals surface area contributed by atoms with Crippen LogP contribution >= 0.6 is 0 Å². The van der Waals surface area contributed by atoms with Crippen LogP contribution in [0.1, 0.15) is 75.1 Å². The Labute approximate surface area is 328 Å². The van der Waals surface area contributed by atoms with Gasteiger partial charge in [-0.15, -0.1) is 35.4 Å². The smallest absolute Gasteiger partial charge is 0.124 e. The minimum absolute atomic E-state index is 0. The van der Waals surface area contributed by atoms with Crippen LogP contribution in [0, 0.1) is 6.07 Å². The number of aromatic hydroxyl groups is 1. The Morgan fingerprint density at radius 2 is 1.09 bits per heavy atom. The number of phenolic OH excluding ortho intramolecular Hbond substituents is 1. The molecule has 266 valence electrons. The van der Waals surface area contributed by atoms with Crippen molar-refractivity contribution in [1.29, 1.82) is 0 Å². The van der Waals surface area contributed by atoms with Crippen molar-refractivity contribution in [3.8, 4) is 50.5 Å². The van der Waals surface area contributed by atoms with E-state index in [0.717, 1.165) is 33.6 Å². The molecule has 1 N–H and O–H groups in total. The van der Waals surface area contributed by atoms with Gasteiger partial charge >= 0.3 is 0 Å². The van der Waals surface area contributed by atoms with Gasteiger partial charge in [0, 0.05) is 32.8 Å². The Hall–Kier alpha value is -5.11. The summed E-state index contributed by atoms with van der Waals surface area (Å²) in [6.45, 7) is 13.6. The molecule has 0 saturated carbocycles.